The summed E-state index contributed by atoms with van der Waals surface area (Å²) < 4.78 is 5.29. The molecule has 0 bridgehead atoms. The Kier molecular flexibility index (Phi) is 5.75. The van der Waals surface area contributed by atoms with Crippen LogP contribution in [0.4, 0.5) is 0 Å². The van der Waals surface area contributed by atoms with Gasteiger partial charge in [-0.15, -0.1) is 0 Å². The number of aryl methyl sites for hydroxylation is 1. The predicted octanol–water partition coefficient (Wildman–Crippen LogP) is 3.40. The maximum absolute atomic E-state index is 12.0. The summed E-state index contributed by atoms with van der Waals surface area (Å²) in [5.41, 5.74) is 3.14. The van der Waals surface area contributed by atoms with Crippen molar-refractivity contribution in [3.63, 3.8) is 0 Å². The molecule has 0 spiro atoms. The minimum absolute atomic E-state index is 0.0955. The van der Waals surface area contributed by atoms with E-state index in [1.54, 1.807) is 0 Å². The van der Waals surface area contributed by atoms with Gasteiger partial charge in [0.25, 0.3) is 0 Å². The summed E-state index contributed by atoms with van der Waals surface area (Å²) >= 11 is 0. The molecule has 0 aliphatic carbocycles. The molecular weight excluding hydrogens is 250 g/mol. The van der Waals surface area contributed by atoms with Gasteiger partial charge in [0.1, 0.15) is 0 Å². The maximum Gasteiger partial charge on any atom is 0.338 e. The molecule has 0 atom stereocenters. The first kappa shape index (κ1) is 16.7. The summed E-state index contributed by atoms with van der Waals surface area (Å²) in [6.45, 7) is 9.97. The molecule has 0 fully saturated rings. The van der Waals surface area contributed by atoms with Gasteiger partial charge in [0.2, 0.25) is 0 Å². The fourth-order valence-corrected chi connectivity index (χ4v) is 2.26. The zero-order valence-corrected chi connectivity index (χ0v) is 13.6. The topological polar surface area (TPSA) is 29.5 Å². The highest BCUT2D eigenvalue weighted by molar-refractivity contribution is 5.89. The molecule has 0 radical (unpaired) electrons. The lowest BCUT2D eigenvalue weighted by Crippen LogP contribution is -2.17. The van der Waals surface area contributed by atoms with Crippen LogP contribution < -0.4 is 0 Å². The first-order valence-corrected chi connectivity index (χ1v) is 7.15. The van der Waals surface area contributed by atoms with Crippen LogP contribution in [0.2, 0.25) is 0 Å². The molecule has 3 nitrogen and oxygen atoms in total. The van der Waals surface area contributed by atoms with Crippen LogP contribution in [0.15, 0.2) is 18.2 Å². The van der Waals surface area contributed by atoms with Crippen molar-refractivity contribution in [1.82, 2.24) is 4.90 Å². The van der Waals surface area contributed by atoms with E-state index in [2.05, 4.69) is 25.7 Å². The molecule has 20 heavy (non-hydrogen) atoms. The molecule has 0 N–H and O–H groups in total. The molecule has 0 unspecified atom stereocenters. The Morgan fingerprint density at radius 3 is 2.40 bits per heavy atom. The lowest BCUT2D eigenvalue weighted by Gasteiger charge is -2.22. The van der Waals surface area contributed by atoms with Gasteiger partial charge in [-0.2, -0.15) is 0 Å². The second-order valence-electron chi connectivity index (χ2n) is 6.57. The molecule has 1 aromatic carbocycles. The number of carbonyl (C=O) groups is 1. The Balaban J connectivity index is 2.64. The number of carbonyl (C=O) groups excluding carboxylic acids is 1. The third kappa shape index (κ3) is 4.97. The molecule has 0 aromatic heterocycles. The minimum atomic E-state index is -0.229. The van der Waals surface area contributed by atoms with Crippen molar-refractivity contribution in [2.45, 2.75) is 39.5 Å². The van der Waals surface area contributed by atoms with E-state index >= 15 is 0 Å². The lowest BCUT2D eigenvalue weighted by molar-refractivity contribution is 0.0493. The van der Waals surface area contributed by atoms with E-state index in [-0.39, 0.29) is 11.4 Å². The first-order valence-electron chi connectivity index (χ1n) is 7.15. The second-order valence-corrected chi connectivity index (χ2v) is 6.57. The Morgan fingerprint density at radius 2 is 1.90 bits per heavy atom. The summed E-state index contributed by atoms with van der Waals surface area (Å²) in [6.07, 6.45) is 0.859. The number of nitrogens with zero attached hydrogens (tertiary/aromatic N) is 1. The van der Waals surface area contributed by atoms with Gasteiger partial charge in [0, 0.05) is 6.54 Å². The number of ether oxygens (including phenoxy) is 1. The molecule has 0 saturated heterocycles. The summed E-state index contributed by atoms with van der Waals surface area (Å²) in [7, 11) is 4.02. The smallest absolute Gasteiger partial charge is 0.338 e. The Hall–Kier alpha value is -1.35. The molecule has 0 amide bonds. The fourth-order valence-electron chi connectivity index (χ4n) is 2.26. The van der Waals surface area contributed by atoms with E-state index in [1.807, 2.05) is 39.2 Å². The summed E-state index contributed by atoms with van der Waals surface area (Å²) in [5.74, 6) is -0.229. The van der Waals surface area contributed by atoms with Gasteiger partial charge < -0.3 is 9.64 Å². The minimum Gasteiger partial charge on any atom is -0.462 e. The van der Waals surface area contributed by atoms with Crippen LogP contribution in [0, 0.1) is 6.92 Å². The summed E-state index contributed by atoms with van der Waals surface area (Å²) in [5, 5.41) is 0. The van der Waals surface area contributed by atoms with Crippen LogP contribution in [-0.4, -0.2) is 38.1 Å². The second kappa shape index (κ2) is 6.89. The molecular formula is C17H27NO2. The van der Waals surface area contributed by atoms with Gasteiger partial charge in [-0.25, -0.2) is 4.79 Å². The van der Waals surface area contributed by atoms with Crippen molar-refractivity contribution in [3.8, 4) is 0 Å². The monoisotopic (exact) mass is 277 g/mol. The van der Waals surface area contributed by atoms with Gasteiger partial charge in [-0.05, 0) is 56.1 Å². The van der Waals surface area contributed by atoms with Crippen molar-refractivity contribution in [1.29, 1.82) is 0 Å². The van der Waals surface area contributed by atoms with Gasteiger partial charge in [-0.1, -0.05) is 26.8 Å². The SMILES string of the molecule is Cc1cc(C(=O)OCCCN(C)C)ccc1C(C)(C)C. The standard InChI is InChI=1S/C17H27NO2/c1-13-12-14(8-9-15(13)17(2,3)4)16(19)20-11-7-10-18(5)6/h8-9,12H,7,10-11H2,1-6H3. The number of rotatable bonds is 5. The fraction of sp³-hybridized carbons (Fsp3) is 0.588. The van der Waals surface area contributed by atoms with Crippen LogP contribution in [0.1, 0.15) is 48.7 Å². The highest BCUT2D eigenvalue weighted by atomic mass is 16.5. The Bertz CT molecular complexity index is 459. The van der Waals surface area contributed by atoms with Crippen molar-refractivity contribution in [2.24, 2.45) is 0 Å². The Labute approximate surface area is 122 Å². The van der Waals surface area contributed by atoms with Crippen LogP contribution in [0.5, 0.6) is 0 Å². The average molecular weight is 277 g/mol. The predicted molar refractivity (Wildman–Crippen MR) is 83.3 cm³/mol. The average Bonchev–Trinajstić information content (AvgIpc) is 2.32. The third-order valence-corrected chi connectivity index (χ3v) is 3.25. The van der Waals surface area contributed by atoms with Gasteiger partial charge in [-0.3, -0.25) is 0 Å². The largest absolute Gasteiger partial charge is 0.462 e. The molecule has 0 saturated carbocycles. The van der Waals surface area contributed by atoms with E-state index in [0.717, 1.165) is 18.5 Å². The third-order valence-electron chi connectivity index (χ3n) is 3.25. The molecule has 0 aliphatic heterocycles. The zero-order chi connectivity index (χ0) is 15.3. The van der Waals surface area contributed by atoms with Crippen molar-refractivity contribution in [3.05, 3.63) is 34.9 Å². The van der Waals surface area contributed by atoms with Crippen molar-refractivity contribution >= 4 is 5.97 Å². The summed E-state index contributed by atoms with van der Waals surface area (Å²) in [6, 6.07) is 5.82. The molecule has 1 rings (SSSR count). The summed E-state index contributed by atoms with van der Waals surface area (Å²) in [4.78, 5) is 14.0. The van der Waals surface area contributed by atoms with E-state index in [0.29, 0.717) is 12.2 Å². The number of hydrogen-bond acceptors (Lipinski definition) is 3. The van der Waals surface area contributed by atoms with Crippen LogP contribution in [0.25, 0.3) is 0 Å². The van der Waals surface area contributed by atoms with E-state index < -0.39 is 0 Å². The quantitative estimate of drug-likeness (QED) is 0.610. The van der Waals surface area contributed by atoms with Crippen molar-refractivity contribution < 1.29 is 9.53 Å². The van der Waals surface area contributed by atoms with Crippen molar-refractivity contribution in [2.75, 3.05) is 27.2 Å². The maximum atomic E-state index is 12.0. The highest BCUT2D eigenvalue weighted by Gasteiger charge is 2.17. The van der Waals surface area contributed by atoms with E-state index in [9.17, 15) is 4.79 Å². The molecule has 3 heteroatoms. The first-order chi connectivity index (χ1) is 9.21. The van der Waals surface area contributed by atoms with Gasteiger partial charge >= 0.3 is 5.97 Å². The highest BCUT2D eigenvalue weighted by Crippen LogP contribution is 2.26. The van der Waals surface area contributed by atoms with Crippen LogP contribution in [0.3, 0.4) is 0 Å². The molecule has 1 aromatic rings. The number of hydrogen-bond donors (Lipinski definition) is 0. The number of esters is 1. The van der Waals surface area contributed by atoms with E-state index in [1.165, 1.54) is 5.56 Å². The normalized spacial score (nSPS) is 11.8. The molecule has 112 valence electrons. The Morgan fingerprint density at radius 1 is 1.25 bits per heavy atom. The molecule has 0 aliphatic rings. The van der Waals surface area contributed by atoms with Crippen LogP contribution in [-0.2, 0) is 10.2 Å². The lowest BCUT2D eigenvalue weighted by atomic mass is 9.83. The van der Waals surface area contributed by atoms with Gasteiger partial charge in [0.05, 0.1) is 12.2 Å². The van der Waals surface area contributed by atoms with Gasteiger partial charge in [0.15, 0.2) is 0 Å². The zero-order valence-electron chi connectivity index (χ0n) is 13.6. The molecule has 0 heterocycles. The van der Waals surface area contributed by atoms with Crippen LogP contribution >= 0.6 is 0 Å². The number of benzene rings is 1. The van der Waals surface area contributed by atoms with E-state index in [4.69, 9.17) is 4.74 Å².